The lowest BCUT2D eigenvalue weighted by Crippen LogP contribution is -2.23. The second-order valence-electron chi connectivity index (χ2n) is 4.98. The molecular formula is C16H15N5O3. The van der Waals surface area contributed by atoms with E-state index in [9.17, 15) is 9.59 Å². The molecule has 0 radical (unpaired) electrons. The van der Waals surface area contributed by atoms with Gasteiger partial charge in [-0.3, -0.25) is 14.6 Å². The molecule has 0 atom stereocenters. The summed E-state index contributed by atoms with van der Waals surface area (Å²) in [4.78, 5) is 30.8. The van der Waals surface area contributed by atoms with Crippen LogP contribution in [0.25, 0.3) is 5.95 Å². The van der Waals surface area contributed by atoms with E-state index in [2.05, 4.69) is 20.4 Å². The minimum absolute atomic E-state index is 0.0822. The molecule has 8 nitrogen and oxygen atoms in total. The van der Waals surface area contributed by atoms with Crippen LogP contribution in [-0.4, -0.2) is 32.8 Å². The predicted molar refractivity (Wildman–Crippen MR) is 87.3 cm³/mol. The molecule has 0 saturated carbocycles. The fraction of sp³-hybridized carbons (Fsp3) is 0.125. The Morgan fingerprint density at radius 1 is 1.38 bits per heavy atom. The molecule has 122 valence electrons. The van der Waals surface area contributed by atoms with Gasteiger partial charge in [0.1, 0.15) is 11.4 Å². The molecule has 2 N–H and O–H groups in total. The normalized spacial score (nSPS) is 10.4. The van der Waals surface area contributed by atoms with Crippen molar-refractivity contribution in [1.82, 2.24) is 19.7 Å². The van der Waals surface area contributed by atoms with Crippen molar-refractivity contribution in [3.63, 3.8) is 0 Å². The topological polar surface area (TPSA) is 102 Å². The second kappa shape index (κ2) is 6.78. The first-order valence-electron chi connectivity index (χ1n) is 7.18. The molecule has 3 rings (SSSR count). The van der Waals surface area contributed by atoms with E-state index in [1.165, 1.54) is 10.9 Å². The van der Waals surface area contributed by atoms with Gasteiger partial charge in [0.25, 0.3) is 5.56 Å². The average Bonchev–Trinajstić information content (AvgIpc) is 3.11. The van der Waals surface area contributed by atoms with E-state index in [1.54, 1.807) is 43.8 Å². The summed E-state index contributed by atoms with van der Waals surface area (Å²) < 4.78 is 6.54. The Balaban J connectivity index is 1.71. The molecule has 2 heterocycles. The standard InChI is InChI=1S/C16H15N5O3/c1-24-12-5-2-4-11(8-12)9-14(22)19-13-10-17-16(20-15(13)23)21-7-3-6-18-21/h2-8,10H,9H2,1H3,(H,19,22)(H,17,20,23). The first-order chi connectivity index (χ1) is 11.7. The summed E-state index contributed by atoms with van der Waals surface area (Å²) in [5.74, 6) is 0.626. The Morgan fingerprint density at radius 3 is 2.96 bits per heavy atom. The third-order valence-electron chi connectivity index (χ3n) is 3.28. The fourth-order valence-corrected chi connectivity index (χ4v) is 2.15. The van der Waals surface area contributed by atoms with Gasteiger partial charge in [-0.15, -0.1) is 0 Å². The Kier molecular flexibility index (Phi) is 4.37. The highest BCUT2D eigenvalue weighted by Crippen LogP contribution is 2.13. The van der Waals surface area contributed by atoms with Crippen LogP contribution in [0, 0.1) is 0 Å². The van der Waals surface area contributed by atoms with Crippen molar-refractivity contribution in [2.45, 2.75) is 6.42 Å². The van der Waals surface area contributed by atoms with Gasteiger partial charge < -0.3 is 10.1 Å². The molecule has 0 unspecified atom stereocenters. The van der Waals surface area contributed by atoms with Crippen LogP contribution < -0.4 is 15.6 Å². The van der Waals surface area contributed by atoms with Crippen molar-refractivity contribution in [2.75, 3.05) is 12.4 Å². The number of carbonyl (C=O) groups excluding carboxylic acids is 1. The van der Waals surface area contributed by atoms with Crippen LogP contribution in [-0.2, 0) is 11.2 Å². The maximum Gasteiger partial charge on any atom is 0.276 e. The highest BCUT2D eigenvalue weighted by Gasteiger charge is 2.09. The number of nitrogens with zero attached hydrogens (tertiary/aromatic N) is 3. The van der Waals surface area contributed by atoms with Gasteiger partial charge in [0.15, 0.2) is 0 Å². The summed E-state index contributed by atoms with van der Waals surface area (Å²) in [6.45, 7) is 0. The van der Waals surface area contributed by atoms with E-state index >= 15 is 0 Å². The number of aromatic amines is 1. The number of hydrogen-bond donors (Lipinski definition) is 2. The molecule has 0 aliphatic heterocycles. The number of methoxy groups -OCH3 is 1. The Hall–Kier alpha value is -3.42. The Labute approximate surface area is 137 Å². The Morgan fingerprint density at radius 2 is 2.25 bits per heavy atom. The molecule has 24 heavy (non-hydrogen) atoms. The lowest BCUT2D eigenvalue weighted by Gasteiger charge is -2.07. The zero-order valence-corrected chi connectivity index (χ0v) is 12.9. The van der Waals surface area contributed by atoms with E-state index in [0.717, 1.165) is 5.56 Å². The third kappa shape index (κ3) is 3.49. The average molecular weight is 325 g/mol. The molecule has 0 bridgehead atoms. The highest BCUT2D eigenvalue weighted by atomic mass is 16.5. The zero-order chi connectivity index (χ0) is 16.9. The number of H-pyrrole nitrogens is 1. The first kappa shape index (κ1) is 15.5. The summed E-state index contributed by atoms with van der Waals surface area (Å²) in [5, 5.41) is 6.53. The van der Waals surface area contributed by atoms with Crippen molar-refractivity contribution in [3.8, 4) is 11.7 Å². The number of benzene rings is 1. The van der Waals surface area contributed by atoms with Crippen LogP contribution in [0.15, 0.2) is 53.7 Å². The number of hydrogen-bond acceptors (Lipinski definition) is 5. The van der Waals surface area contributed by atoms with Crippen LogP contribution in [0.5, 0.6) is 5.75 Å². The number of amides is 1. The Bertz CT molecular complexity index is 902. The molecule has 0 fully saturated rings. The van der Waals surface area contributed by atoms with Crippen molar-refractivity contribution in [3.05, 3.63) is 64.8 Å². The molecule has 1 amide bonds. The minimum atomic E-state index is -0.450. The van der Waals surface area contributed by atoms with Gasteiger partial charge in [-0.25, -0.2) is 9.67 Å². The summed E-state index contributed by atoms with van der Waals surface area (Å²) >= 11 is 0. The molecule has 0 spiro atoms. The number of aromatic nitrogens is 4. The maximum atomic E-state index is 12.1. The van der Waals surface area contributed by atoms with Gasteiger partial charge >= 0.3 is 0 Å². The number of carbonyl (C=O) groups is 1. The van der Waals surface area contributed by atoms with Crippen LogP contribution in [0.3, 0.4) is 0 Å². The SMILES string of the molecule is COc1cccc(CC(=O)Nc2cnc(-n3cccn3)[nH]c2=O)c1. The van der Waals surface area contributed by atoms with E-state index in [1.807, 2.05) is 6.07 Å². The van der Waals surface area contributed by atoms with E-state index in [0.29, 0.717) is 5.75 Å². The number of nitrogens with one attached hydrogen (secondary N) is 2. The largest absolute Gasteiger partial charge is 0.497 e. The van der Waals surface area contributed by atoms with Gasteiger partial charge in [0.2, 0.25) is 11.9 Å². The van der Waals surface area contributed by atoms with Crippen LogP contribution in [0.2, 0.25) is 0 Å². The maximum absolute atomic E-state index is 12.1. The van der Waals surface area contributed by atoms with Crippen molar-refractivity contribution in [1.29, 1.82) is 0 Å². The van der Waals surface area contributed by atoms with Gasteiger partial charge in [0, 0.05) is 12.4 Å². The lowest BCUT2D eigenvalue weighted by atomic mass is 10.1. The molecule has 0 aliphatic carbocycles. The smallest absolute Gasteiger partial charge is 0.276 e. The van der Waals surface area contributed by atoms with E-state index < -0.39 is 5.56 Å². The quantitative estimate of drug-likeness (QED) is 0.732. The minimum Gasteiger partial charge on any atom is -0.497 e. The van der Waals surface area contributed by atoms with Crippen molar-refractivity contribution in [2.24, 2.45) is 0 Å². The highest BCUT2D eigenvalue weighted by molar-refractivity contribution is 5.91. The van der Waals surface area contributed by atoms with Crippen LogP contribution in [0.1, 0.15) is 5.56 Å². The molecule has 0 aliphatic rings. The lowest BCUT2D eigenvalue weighted by molar-refractivity contribution is -0.115. The van der Waals surface area contributed by atoms with E-state index in [-0.39, 0.29) is 24.0 Å². The van der Waals surface area contributed by atoms with Gasteiger partial charge in [-0.2, -0.15) is 5.10 Å². The number of rotatable bonds is 5. The molecule has 8 heteroatoms. The van der Waals surface area contributed by atoms with E-state index in [4.69, 9.17) is 4.74 Å². The molecule has 2 aromatic heterocycles. The third-order valence-corrected chi connectivity index (χ3v) is 3.28. The fourth-order valence-electron chi connectivity index (χ4n) is 2.15. The van der Waals surface area contributed by atoms with Crippen molar-refractivity contribution >= 4 is 11.6 Å². The second-order valence-corrected chi connectivity index (χ2v) is 4.98. The number of anilines is 1. The number of ether oxygens (including phenoxy) is 1. The summed E-state index contributed by atoms with van der Waals surface area (Å²) in [7, 11) is 1.56. The summed E-state index contributed by atoms with van der Waals surface area (Å²) in [6, 6.07) is 8.89. The molecule has 3 aromatic rings. The van der Waals surface area contributed by atoms with Gasteiger partial charge in [-0.1, -0.05) is 12.1 Å². The summed E-state index contributed by atoms with van der Waals surface area (Å²) in [5.41, 5.74) is 0.415. The van der Waals surface area contributed by atoms with Gasteiger partial charge in [-0.05, 0) is 23.8 Å². The molecule has 1 aromatic carbocycles. The zero-order valence-electron chi connectivity index (χ0n) is 12.9. The van der Waals surface area contributed by atoms with Crippen LogP contribution >= 0.6 is 0 Å². The van der Waals surface area contributed by atoms with Crippen molar-refractivity contribution < 1.29 is 9.53 Å². The summed E-state index contributed by atoms with van der Waals surface area (Å²) in [6.07, 6.45) is 4.65. The van der Waals surface area contributed by atoms with Gasteiger partial charge in [0.05, 0.1) is 19.7 Å². The molecule has 0 saturated heterocycles. The first-order valence-corrected chi connectivity index (χ1v) is 7.18. The molecular weight excluding hydrogens is 310 g/mol. The van der Waals surface area contributed by atoms with Crippen LogP contribution in [0.4, 0.5) is 5.69 Å². The predicted octanol–water partition coefficient (Wildman–Crippen LogP) is 1.15. The monoisotopic (exact) mass is 325 g/mol.